The molecule has 1 amide bonds. The fraction of sp³-hybridized carbons (Fsp3) is 0.500. The number of aromatic nitrogens is 2. The summed E-state index contributed by atoms with van der Waals surface area (Å²) in [6.45, 7) is 6.18. The van der Waals surface area contributed by atoms with Crippen LogP contribution in [0, 0.1) is 0 Å². The Morgan fingerprint density at radius 2 is 2.19 bits per heavy atom. The lowest BCUT2D eigenvalue weighted by Gasteiger charge is -2.23. The van der Waals surface area contributed by atoms with Gasteiger partial charge in [-0.2, -0.15) is 0 Å². The van der Waals surface area contributed by atoms with Crippen LogP contribution in [0.15, 0.2) is 24.7 Å². The third-order valence-electron chi connectivity index (χ3n) is 4.11. The largest absolute Gasteiger partial charge is 0.349 e. The Kier molecular flexibility index (Phi) is 3.92. The van der Waals surface area contributed by atoms with Crippen molar-refractivity contribution in [2.45, 2.75) is 38.8 Å². The molecule has 3 rings (SSSR count). The summed E-state index contributed by atoms with van der Waals surface area (Å²) in [4.78, 5) is 16.8. The molecule has 0 atom stereocenters. The van der Waals surface area contributed by atoms with Gasteiger partial charge in [0, 0.05) is 36.1 Å². The van der Waals surface area contributed by atoms with E-state index in [-0.39, 0.29) is 11.9 Å². The van der Waals surface area contributed by atoms with Crippen LogP contribution in [0.4, 0.5) is 0 Å². The van der Waals surface area contributed by atoms with E-state index < -0.39 is 0 Å². The first kappa shape index (κ1) is 14.1. The normalized spacial score (nSPS) is 16.5. The molecule has 0 spiro atoms. The minimum Gasteiger partial charge on any atom is -0.349 e. The van der Waals surface area contributed by atoms with E-state index in [0.717, 1.165) is 42.4 Å². The van der Waals surface area contributed by atoms with Gasteiger partial charge in [0.05, 0.1) is 11.1 Å². The van der Waals surface area contributed by atoms with Crippen LogP contribution in [0.5, 0.6) is 0 Å². The molecular formula is C16H22N4O. The number of nitrogens with zero attached hydrogens (tertiary/aromatic N) is 2. The number of pyridine rings is 1. The zero-order valence-corrected chi connectivity index (χ0v) is 12.6. The molecule has 21 heavy (non-hydrogen) atoms. The Morgan fingerprint density at radius 1 is 1.43 bits per heavy atom. The average molecular weight is 286 g/mol. The lowest BCUT2D eigenvalue weighted by atomic mass is 10.1. The highest BCUT2D eigenvalue weighted by molar-refractivity contribution is 6.06. The summed E-state index contributed by atoms with van der Waals surface area (Å²) in [5.41, 5.74) is 1.79. The van der Waals surface area contributed by atoms with Gasteiger partial charge in [0.1, 0.15) is 0 Å². The number of nitrogens with one attached hydrogen (secondary N) is 2. The van der Waals surface area contributed by atoms with E-state index in [9.17, 15) is 4.79 Å². The average Bonchev–Trinajstić information content (AvgIpc) is 2.88. The van der Waals surface area contributed by atoms with E-state index in [4.69, 9.17) is 0 Å². The zero-order valence-electron chi connectivity index (χ0n) is 12.6. The molecule has 1 aliphatic rings. The number of fused-ring (bicyclic) bond motifs is 1. The van der Waals surface area contributed by atoms with Gasteiger partial charge in [-0.15, -0.1) is 0 Å². The van der Waals surface area contributed by atoms with E-state index in [1.165, 1.54) is 0 Å². The summed E-state index contributed by atoms with van der Waals surface area (Å²) in [5.74, 6) is 0.0132. The van der Waals surface area contributed by atoms with Crippen molar-refractivity contribution in [2.75, 3.05) is 13.1 Å². The fourth-order valence-electron chi connectivity index (χ4n) is 2.94. The number of carbonyl (C=O) groups is 1. The molecule has 112 valence electrons. The molecule has 0 radical (unpaired) electrons. The highest BCUT2D eigenvalue weighted by Crippen LogP contribution is 2.24. The van der Waals surface area contributed by atoms with Crippen LogP contribution in [-0.4, -0.2) is 34.6 Å². The third kappa shape index (κ3) is 2.78. The predicted molar refractivity (Wildman–Crippen MR) is 83.5 cm³/mol. The lowest BCUT2D eigenvalue weighted by molar-refractivity contribution is 0.0931. The van der Waals surface area contributed by atoms with Gasteiger partial charge >= 0.3 is 0 Å². The summed E-state index contributed by atoms with van der Waals surface area (Å²) < 4.78 is 2.13. The third-order valence-corrected chi connectivity index (χ3v) is 4.11. The van der Waals surface area contributed by atoms with E-state index in [1.54, 1.807) is 12.4 Å². The van der Waals surface area contributed by atoms with E-state index in [1.807, 2.05) is 12.3 Å². The minimum atomic E-state index is 0.0132. The second-order valence-electron chi connectivity index (χ2n) is 5.93. The number of carbonyl (C=O) groups excluding carboxylic acids is 1. The SMILES string of the molecule is CC(C)n1cc(C(=O)NC2CCNCC2)c2cnccc21. The van der Waals surface area contributed by atoms with Crippen molar-refractivity contribution >= 4 is 16.8 Å². The summed E-state index contributed by atoms with van der Waals surface area (Å²) in [7, 11) is 0. The van der Waals surface area contributed by atoms with Gasteiger partial charge in [-0.25, -0.2) is 0 Å². The molecule has 0 aliphatic carbocycles. The Labute approximate surface area is 124 Å². The zero-order chi connectivity index (χ0) is 14.8. The summed E-state index contributed by atoms with van der Waals surface area (Å²) in [6, 6.07) is 2.56. The van der Waals surface area contributed by atoms with Crippen LogP contribution >= 0.6 is 0 Å². The molecule has 0 unspecified atom stereocenters. The number of piperidine rings is 1. The van der Waals surface area contributed by atoms with Gasteiger partial charge in [-0.3, -0.25) is 9.78 Å². The molecule has 1 saturated heterocycles. The maximum Gasteiger partial charge on any atom is 0.253 e. The summed E-state index contributed by atoms with van der Waals surface area (Å²) in [5, 5.41) is 7.40. The van der Waals surface area contributed by atoms with Gasteiger partial charge in [0.2, 0.25) is 0 Å². The van der Waals surface area contributed by atoms with Crippen LogP contribution in [0.1, 0.15) is 43.1 Å². The Balaban J connectivity index is 1.90. The van der Waals surface area contributed by atoms with Crippen LogP contribution in [0.3, 0.4) is 0 Å². The molecule has 5 nitrogen and oxygen atoms in total. The standard InChI is InChI=1S/C16H22N4O/c1-11(2)20-10-14(13-9-18-8-5-15(13)20)16(21)19-12-3-6-17-7-4-12/h5,8-12,17H,3-4,6-7H2,1-2H3,(H,19,21). The monoisotopic (exact) mass is 286 g/mol. The lowest BCUT2D eigenvalue weighted by Crippen LogP contribution is -2.42. The van der Waals surface area contributed by atoms with Crippen molar-refractivity contribution in [3.05, 3.63) is 30.2 Å². The second-order valence-corrected chi connectivity index (χ2v) is 5.93. The molecule has 2 aromatic heterocycles. The fourth-order valence-corrected chi connectivity index (χ4v) is 2.94. The van der Waals surface area contributed by atoms with E-state index in [0.29, 0.717) is 6.04 Å². The first-order chi connectivity index (χ1) is 10.2. The van der Waals surface area contributed by atoms with Crippen molar-refractivity contribution in [1.82, 2.24) is 20.2 Å². The van der Waals surface area contributed by atoms with Crippen molar-refractivity contribution in [3.8, 4) is 0 Å². The smallest absolute Gasteiger partial charge is 0.253 e. The second kappa shape index (κ2) is 5.85. The summed E-state index contributed by atoms with van der Waals surface area (Å²) >= 11 is 0. The van der Waals surface area contributed by atoms with Crippen LogP contribution in [0.25, 0.3) is 10.9 Å². The van der Waals surface area contributed by atoms with Gasteiger partial charge in [-0.1, -0.05) is 0 Å². The van der Waals surface area contributed by atoms with Crippen LogP contribution < -0.4 is 10.6 Å². The molecule has 1 fully saturated rings. The van der Waals surface area contributed by atoms with E-state index in [2.05, 4.69) is 34.0 Å². The minimum absolute atomic E-state index is 0.0132. The van der Waals surface area contributed by atoms with Crippen molar-refractivity contribution in [3.63, 3.8) is 0 Å². The Bertz CT molecular complexity index is 641. The quantitative estimate of drug-likeness (QED) is 0.908. The Hall–Kier alpha value is -1.88. The first-order valence-corrected chi connectivity index (χ1v) is 7.63. The first-order valence-electron chi connectivity index (χ1n) is 7.63. The van der Waals surface area contributed by atoms with Gasteiger partial charge in [0.25, 0.3) is 5.91 Å². The molecule has 5 heteroatoms. The van der Waals surface area contributed by atoms with Crippen molar-refractivity contribution < 1.29 is 4.79 Å². The topological polar surface area (TPSA) is 59.0 Å². The summed E-state index contributed by atoms with van der Waals surface area (Å²) in [6.07, 6.45) is 7.49. The van der Waals surface area contributed by atoms with Gasteiger partial charge in [-0.05, 0) is 45.8 Å². The van der Waals surface area contributed by atoms with E-state index >= 15 is 0 Å². The molecule has 3 heterocycles. The van der Waals surface area contributed by atoms with Crippen molar-refractivity contribution in [1.29, 1.82) is 0 Å². The molecule has 0 aromatic carbocycles. The molecule has 0 bridgehead atoms. The number of rotatable bonds is 3. The number of amides is 1. The highest BCUT2D eigenvalue weighted by Gasteiger charge is 2.20. The van der Waals surface area contributed by atoms with Gasteiger partial charge in [0.15, 0.2) is 0 Å². The maximum atomic E-state index is 12.6. The molecule has 2 aromatic rings. The molecule has 1 aliphatic heterocycles. The number of hydrogen-bond donors (Lipinski definition) is 2. The molecule has 0 saturated carbocycles. The Morgan fingerprint density at radius 3 is 2.90 bits per heavy atom. The van der Waals surface area contributed by atoms with Gasteiger partial charge < -0.3 is 15.2 Å². The van der Waals surface area contributed by atoms with Crippen LogP contribution in [-0.2, 0) is 0 Å². The highest BCUT2D eigenvalue weighted by atomic mass is 16.1. The molecular weight excluding hydrogens is 264 g/mol. The van der Waals surface area contributed by atoms with Crippen molar-refractivity contribution in [2.24, 2.45) is 0 Å². The predicted octanol–water partition coefficient (Wildman–Crippen LogP) is 2.10. The van der Waals surface area contributed by atoms with Crippen LogP contribution in [0.2, 0.25) is 0 Å². The number of hydrogen-bond acceptors (Lipinski definition) is 3. The maximum absolute atomic E-state index is 12.6. The molecule has 2 N–H and O–H groups in total.